The van der Waals surface area contributed by atoms with E-state index in [0.717, 1.165) is 18.4 Å². The van der Waals surface area contributed by atoms with Crippen LogP contribution in [0.3, 0.4) is 0 Å². The van der Waals surface area contributed by atoms with Crippen LogP contribution in [-0.4, -0.2) is 17.8 Å². The lowest BCUT2D eigenvalue weighted by Gasteiger charge is -2.24. The Hall–Kier alpha value is -1.90. The van der Waals surface area contributed by atoms with Crippen molar-refractivity contribution in [1.29, 1.82) is 0 Å². The zero-order valence-corrected chi connectivity index (χ0v) is 12.3. The molecule has 0 radical (unpaired) electrons. The molecule has 0 bridgehead atoms. The van der Waals surface area contributed by atoms with Gasteiger partial charge in [0.05, 0.1) is 12.6 Å². The maximum atomic E-state index is 9.67. The second-order valence-corrected chi connectivity index (χ2v) is 5.22. The Morgan fingerprint density at radius 3 is 2.19 bits per heavy atom. The van der Waals surface area contributed by atoms with E-state index in [1.165, 1.54) is 5.56 Å². The van der Waals surface area contributed by atoms with Crippen LogP contribution in [0.4, 0.5) is 0 Å². The van der Waals surface area contributed by atoms with Gasteiger partial charge < -0.3 is 10.4 Å². The Morgan fingerprint density at radius 1 is 1.00 bits per heavy atom. The van der Waals surface area contributed by atoms with Gasteiger partial charge in [-0.2, -0.15) is 0 Å². The summed E-state index contributed by atoms with van der Waals surface area (Å²) in [5, 5.41) is 13.2. The van der Waals surface area contributed by atoms with Crippen molar-refractivity contribution in [2.75, 3.05) is 6.61 Å². The second kappa shape index (κ2) is 8.40. The Balaban J connectivity index is 2.05. The molecule has 0 saturated heterocycles. The van der Waals surface area contributed by atoms with Gasteiger partial charge in [0.25, 0.3) is 0 Å². The minimum atomic E-state index is -0.0418. The normalized spacial score (nSPS) is 13.6. The molecule has 0 aliphatic carbocycles. The number of hydrogen-bond donors (Lipinski definition) is 2. The summed E-state index contributed by atoms with van der Waals surface area (Å²) in [6.45, 7) is 3.94. The average Bonchev–Trinajstić information content (AvgIpc) is 2.54. The molecule has 2 unspecified atom stereocenters. The van der Waals surface area contributed by atoms with Crippen molar-refractivity contribution in [3.63, 3.8) is 0 Å². The molecule has 110 valence electrons. The van der Waals surface area contributed by atoms with Crippen molar-refractivity contribution in [3.8, 4) is 0 Å². The molecule has 0 heterocycles. The molecule has 2 rings (SSSR count). The van der Waals surface area contributed by atoms with Crippen LogP contribution in [0, 0.1) is 0 Å². The molecule has 2 heteroatoms. The van der Waals surface area contributed by atoms with E-state index >= 15 is 0 Å². The number of nitrogens with one attached hydrogen (secondary N) is 1. The summed E-state index contributed by atoms with van der Waals surface area (Å²) in [6.07, 6.45) is 3.73. The van der Waals surface area contributed by atoms with Gasteiger partial charge in [-0.1, -0.05) is 66.7 Å². The van der Waals surface area contributed by atoms with E-state index in [1.807, 2.05) is 42.5 Å². The van der Waals surface area contributed by atoms with Gasteiger partial charge in [-0.15, -0.1) is 6.58 Å². The topological polar surface area (TPSA) is 32.3 Å². The average molecular weight is 281 g/mol. The van der Waals surface area contributed by atoms with E-state index in [9.17, 15) is 5.11 Å². The summed E-state index contributed by atoms with van der Waals surface area (Å²) in [7, 11) is 0. The fraction of sp³-hybridized carbons (Fsp3) is 0.263. The maximum Gasteiger partial charge on any atom is 0.0626 e. The van der Waals surface area contributed by atoms with Crippen molar-refractivity contribution in [1.82, 2.24) is 5.32 Å². The third kappa shape index (κ3) is 4.85. The lowest BCUT2D eigenvalue weighted by molar-refractivity contribution is 0.232. The molecule has 0 spiro atoms. The van der Waals surface area contributed by atoms with Crippen molar-refractivity contribution >= 4 is 0 Å². The third-order valence-corrected chi connectivity index (χ3v) is 3.60. The van der Waals surface area contributed by atoms with Crippen molar-refractivity contribution < 1.29 is 5.11 Å². The van der Waals surface area contributed by atoms with E-state index in [4.69, 9.17) is 0 Å². The smallest absolute Gasteiger partial charge is 0.0626 e. The minimum Gasteiger partial charge on any atom is -0.394 e. The molecule has 0 fully saturated rings. The van der Waals surface area contributed by atoms with Gasteiger partial charge in [-0.25, -0.2) is 0 Å². The molecular weight excluding hydrogens is 258 g/mol. The lowest BCUT2D eigenvalue weighted by atomic mass is 10.0. The van der Waals surface area contributed by atoms with Crippen molar-refractivity contribution in [2.24, 2.45) is 0 Å². The summed E-state index contributed by atoms with van der Waals surface area (Å²) in [4.78, 5) is 0. The van der Waals surface area contributed by atoms with Crippen LogP contribution < -0.4 is 5.32 Å². The lowest BCUT2D eigenvalue weighted by Crippen LogP contribution is -2.36. The highest BCUT2D eigenvalue weighted by molar-refractivity contribution is 5.20. The number of aliphatic hydroxyl groups excluding tert-OH is 1. The molecule has 0 saturated carbocycles. The highest BCUT2D eigenvalue weighted by atomic mass is 16.3. The third-order valence-electron chi connectivity index (χ3n) is 3.60. The van der Waals surface area contributed by atoms with Crippen LogP contribution in [0.25, 0.3) is 0 Å². The molecular formula is C19H23NO. The maximum absolute atomic E-state index is 9.67. The van der Waals surface area contributed by atoms with Crippen LogP contribution >= 0.6 is 0 Å². The highest BCUT2D eigenvalue weighted by Gasteiger charge is 2.15. The predicted octanol–water partition coefficient (Wildman–Crippen LogP) is 3.50. The monoisotopic (exact) mass is 281 g/mol. The molecule has 2 atom stereocenters. The highest BCUT2D eigenvalue weighted by Crippen LogP contribution is 2.15. The molecule has 2 aromatic rings. The Morgan fingerprint density at radius 2 is 1.62 bits per heavy atom. The van der Waals surface area contributed by atoms with Crippen LogP contribution in [0.2, 0.25) is 0 Å². The van der Waals surface area contributed by atoms with Crippen LogP contribution in [-0.2, 0) is 6.42 Å². The van der Waals surface area contributed by atoms with Crippen LogP contribution in [0.5, 0.6) is 0 Å². The van der Waals surface area contributed by atoms with Gasteiger partial charge >= 0.3 is 0 Å². The Labute approximate surface area is 127 Å². The van der Waals surface area contributed by atoms with Gasteiger partial charge in [-0.3, -0.25) is 0 Å². The largest absolute Gasteiger partial charge is 0.394 e. The molecule has 2 nitrogen and oxygen atoms in total. The van der Waals surface area contributed by atoms with Gasteiger partial charge in [0, 0.05) is 6.04 Å². The number of rotatable bonds is 8. The van der Waals surface area contributed by atoms with E-state index in [2.05, 4.69) is 36.2 Å². The Kier molecular flexibility index (Phi) is 6.20. The van der Waals surface area contributed by atoms with Crippen LogP contribution in [0.15, 0.2) is 73.3 Å². The predicted molar refractivity (Wildman–Crippen MR) is 88.2 cm³/mol. The summed E-state index contributed by atoms with van der Waals surface area (Å²) in [6, 6.07) is 20.7. The summed E-state index contributed by atoms with van der Waals surface area (Å²) in [5.74, 6) is 0. The first kappa shape index (κ1) is 15.5. The van der Waals surface area contributed by atoms with E-state index in [1.54, 1.807) is 0 Å². The molecule has 0 aliphatic rings. The van der Waals surface area contributed by atoms with Crippen LogP contribution in [0.1, 0.15) is 23.6 Å². The SMILES string of the molecule is C=CCC(Cc1ccccc1)NC(CO)c1ccccc1. The van der Waals surface area contributed by atoms with Crippen molar-refractivity contribution in [2.45, 2.75) is 24.9 Å². The molecule has 2 N–H and O–H groups in total. The molecule has 0 aromatic heterocycles. The van der Waals surface area contributed by atoms with E-state index < -0.39 is 0 Å². The first-order chi connectivity index (χ1) is 10.3. The first-order valence-electron chi connectivity index (χ1n) is 7.40. The molecule has 21 heavy (non-hydrogen) atoms. The minimum absolute atomic E-state index is 0.0418. The van der Waals surface area contributed by atoms with Gasteiger partial charge in [0.1, 0.15) is 0 Å². The first-order valence-corrected chi connectivity index (χ1v) is 7.40. The quantitative estimate of drug-likeness (QED) is 0.726. The number of hydrogen-bond acceptors (Lipinski definition) is 2. The zero-order valence-electron chi connectivity index (χ0n) is 12.3. The van der Waals surface area contributed by atoms with Gasteiger partial charge in [0.15, 0.2) is 0 Å². The van der Waals surface area contributed by atoms with Gasteiger partial charge in [0.2, 0.25) is 0 Å². The molecule has 2 aromatic carbocycles. The molecule has 0 aliphatic heterocycles. The summed E-state index contributed by atoms with van der Waals surface area (Å²) in [5.41, 5.74) is 2.41. The number of aliphatic hydroxyl groups is 1. The standard InChI is InChI=1S/C19H23NO/c1-2-9-18(14-16-10-5-3-6-11-16)20-19(15-21)17-12-7-4-8-13-17/h2-8,10-13,18-21H,1,9,14-15H2. The van der Waals surface area contributed by atoms with Gasteiger partial charge in [-0.05, 0) is 24.0 Å². The number of benzene rings is 2. The summed E-state index contributed by atoms with van der Waals surface area (Å²) < 4.78 is 0. The fourth-order valence-electron chi connectivity index (χ4n) is 2.53. The van der Waals surface area contributed by atoms with E-state index in [0.29, 0.717) is 0 Å². The molecule has 0 amide bonds. The van der Waals surface area contributed by atoms with Crippen molar-refractivity contribution in [3.05, 3.63) is 84.4 Å². The Bertz CT molecular complexity index is 524. The van der Waals surface area contributed by atoms with E-state index in [-0.39, 0.29) is 18.7 Å². The second-order valence-electron chi connectivity index (χ2n) is 5.22. The summed E-state index contributed by atoms with van der Waals surface area (Å²) >= 11 is 0. The zero-order chi connectivity index (χ0) is 14.9. The fourth-order valence-corrected chi connectivity index (χ4v) is 2.53.